The molecule has 0 aliphatic carbocycles. The first-order valence-electron chi connectivity index (χ1n) is 10.3. The van der Waals surface area contributed by atoms with Crippen LogP contribution in [0.2, 0.25) is 0 Å². The second-order valence-electron chi connectivity index (χ2n) is 7.20. The third-order valence-electron chi connectivity index (χ3n) is 5.02. The Bertz CT molecular complexity index is 728. The third kappa shape index (κ3) is 8.18. The summed E-state index contributed by atoms with van der Waals surface area (Å²) in [7, 11) is 0. The van der Waals surface area contributed by atoms with Gasteiger partial charge in [-0.05, 0) is 57.3 Å². The molecule has 0 atom stereocenters. The van der Waals surface area contributed by atoms with E-state index in [1.165, 1.54) is 23.5 Å². The maximum Gasteiger partial charge on any atom is 0.191 e. The molecule has 0 saturated carbocycles. The van der Waals surface area contributed by atoms with Crippen LogP contribution < -0.4 is 10.6 Å². The quantitative estimate of drug-likeness (QED) is 0.311. The lowest BCUT2D eigenvalue weighted by Gasteiger charge is -2.31. The molecule has 6 nitrogen and oxygen atoms in total. The monoisotopic (exact) mass is 528 g/mol. The standard InChI is InChI=1S/C21H32N6S.HI/c1-3-20-26-19(16-28-20)15-27-11-8-17(9-12-27)13-24-21(22-4-2)25-14-18-7-5-6-10-23-18;/h5-7,10,16-17H,3-4,8-9,11-15H2,1-2H3,(H2,22,24,25);1H. The zero-order valence-corrected chi connectivity index (χ0v) is 20.6. The summed E-state index contributed by atoms with van der Waals surface area (Å²) in [4.78, 5) is 16.2. The van der Waals surface area contributed by atoms with Gasteiger partial charge < -0.3 is 10.6 Å². The summed E-state index contributed by atoms with van der Waals surface area (Å²) in [5.41, 5.74) is 2.22. The fourth-order valence-corrected chi connectivity index (χ4v) is 4.13. The lowest BCUT2D eigenvalue weighted by molar-refractivity contribution is 0.176. The van der Waals surface area contributed by atoms with Gasteiger partial charge in [0.25, 0.3) is 0 Å². The van der Waals surface area contributed by atoms with Crippen LogP contribution in [0.4, 0.5) is 0 Å². The zero-order chi connectivity index (χ0) is 19.6. The third-order valence-corrected chi connectivity index (χ3v) is 6.06. The highest BCUT2D eigenvalue weighted by molar-refractivity contribution is 14.0. The van der Waals surface area contributed by atoms with Crippen molar-refractivity contribution < 1.29 is 0 Å². The van der Waals surface area contributed by atoms with Gasteiger partial charge in [0, 0.05) is 31.2 Å². The summed E-state index contributed by atoms with van der Waals surface area (Å²) in [6, 6.07) is 5.94. The molecule has 1 aliphatic heterocycles. The van der Waals surface area contributed by atoms with Gasteiger partial charge in [0.15, 0.2) is 5.96 Å². The molecule has 0 unspecified atom stereocenters. The molecule has 0 bridgehead atoms. The van der Waals surface area contributed by atoms with Crippen LogP contribution in [-0.4, -0.2) is 47.0 Å². The fraction of sp³-hybridized carbons (Fsp3) is 0.571. The molecular weight excluding hydrogens is 495 g/mol. The minimum Gasteiger partial charge on any atom is -0.357 e. The summed E-state index contributed by atoms with van der Waals surface area (Å²) in [5, 5.41) is 10.3. The minimum absolute atomic E-state index is 0. The smallest absolute Gasteiger partial charge is 0.191 e. The van der Waals surface area contributed by atoms with E-state index >= 15 is 0 Å². The average molecular weight is 529 g/mol. The van der Waals surface area contributed by atoms with Crippen molar-refractivity contribution >= 4 is 41.3 Å². The summed E-state index contributed by atoms with van der Waals surface area (Å²) in [6.45, 7) is 9.98. The molecule has 1 aliphatic rings. The summed E-state index contributed by atoms with van der Waals surface area (Å²) in [6.07, 6.45) is 5.29. The number of nitrogens with zero attached hydrogens (tertiary/aromatic N) is 4. The predicted molar refractivity (Wildman–Crippen MR) is 132 cm³/mol. The van der Waals surface area contributed by atoms with E-state index in [0.29, 0.717) is 12.5 Å². The SMILES string of the molecule is CCNC(=NCc1ccccn1)NCC1CCN(Cc2csc(CC)n2)CC1.I. The van der Waals surface area contributed by atoms with Crippen LogP contribution >= 0.6 is 35.3 Å². The Balaban J connectivity index is 0.00000300. The number of nitrogens with one attached hydrogen (secondary N) is 2. The number of aliphatic imine (C=N–C) groups is 1. The molecule has 3 heterocycles. The number of aromatic nitrogens is 2. The van der Waals surface area contributed by atoms with Gasteiger partial charge in [-0.15, -0.1) is 35.3 Å². The zero-order valence-electron chi connectivity index (χ0n) is 17.4. The second kappa shape index (κ2) is 13.1. The van der Waals surface area contributed by atoms with Crippen LogP contribution in [0.15, 0.2) is 34.8 Å². The molecule has 1 fully saturated rings. The molecule has 0 amide bonds. The highest BCUT2D eigenvalue weighted by Crippen LogP contribution is 2.19. The van der Waals surface area contributed by atoms with Gasteiger partial charge in [-0.1, -0.05) is 13.0 Å². The highest BCUT2D eigenvalue weighted by Gasteiger charge is 2.20. The average Bonchev–Trinajstić information content (AvgIpc) is 3.19. The fourth-order valence-electron chi connectivity index (χ4n) is 3.40. The normalized spacial score (nSPS) is 15.7. The van der Waals surface area contributed by atoms with Crippen molar-refractivity contribution in [2.75, 3.05) is 26.2 Å². The van der Waals surface area contributed by atoms with Crippen molar-refractivity contribution in [1.29, 1.82) is 0 Å². The van der Waals surface area contributed by atoms with Gasteiger partial charge in [-0.2, -0.15) is 0 Å². The predicted octanol–water partition coefficient (Wildman–Crippen LogP) is 3.69. The van der Waals surface area contributed by atoms with Crippen LogP contribution in [0.1, 0.15) is 43.1 Å². The van der Waals surface area contributed by atoms with Crippen LogP contribution in [0.25, 0.3) is 0 Å². The lowest BCUT2D eigenvalue weighted by atomic mass is 9.97. The number of thiazole rings is 1. The van der Waals surface area contributed by atoms with Crippen LogP contribution in [0.3, 0.4) is 0 Å². The number of piperidine rings is 1. The van der Waals surface area contributed by atoms with E-state index in [4.69, 9.17) is 4.98 Å². The molecule has 2 aromatic rings. The van der Waals surface area contributed by atoms with Crippen LogP contribution in [0, 0.1) is 5.92 Å². The molecule has 2 N–H and O–H groups in total. The number of halogens is 1. The van der Waals surface area contributed by atoms with E-state index in [1.807, 2.05) is 24.4 Å². The Hall–Kier alpha value is -1.26. The first kappa shape index (κ1) is 24.0. The van der Waals surface area contributed by atoms with E-state index in [9.17, 15) is 0 Å². The molecule has 3 rings (SSSR count). The van der Waals surface area contributed by atoms with Crippen molar-refractivity contribution in [3.05, 3.63) is 46.2 Å². The first-order chi connectivity index (χ1) is 13.8. The lowest BCUT2D eigenvalue weighted by Crippen LogP contribution is -2.42. The molecule has 2 aromatic heterocycles. The number of hydrogen-bond donors (Lipinski definition) is 2. The molecule has 0 spiro atoms. The Morgan fingerprint density at radius 1 is 1.21 bits per heavy atom. The number of rotatable bonds is 8. The molecule has 0 radical (unpaired) electrons. The maximum atomic E-state index is 4.70. The summed E-state index contributed by atoms with van der Waals surface area (Å²) >= 11 is 1.79. The molecular formula is C21H33IN6S. The molecule has 160 valence electrons. The topological polar surface area (TPSA) is 65.4 Å². The van der Waals surface area contributed by atoms with Gasteiger partial charge in [0.05, 0.1) is 22.9 Å². The molecule has 29 heavy (non-hydrogen) atoms. The Kier molecular flexibility index (Phi) is 10.9. The number of guanidine groups is 1. The van der Waals surface area contributed by atoms with E-state index in [2.05, 4.69) is 44.7 Å². The first-order valence-corrected chi connectivity index (χ1v) is 11.2. The van der Waals surface area contributed by atoms with Gasteiger partial charge >= 0.3 is 0 Å². The second-order valence-corrected chi connectivity index (χ2v) is 8.15. The van der Waals surface area contributed by atoms with E-state index in [0.717, 1.165) is 50.8 Å². The van der Waals surface area contributed by atoms with Crippen LogP contribution in [-0.2, 0) is 19.5 Å². The van der Waals surface area contributed by atoms with Gasteiger partial charge in [0.2, 0.25) is 0 Å². The van der Waals surface area contributed by atoms with Crippen molar-refractivity contribution in [2.45, 2.75) is 46.2 Å². The van der Waals surface area contributed by atoms with E-state index < -0.39 is 0 Å². The number of aryl methyl sites for hydroxylation is 1. The number of likely N-dealkylation sites (tertiary alicyclic amines) is 1. The Morgan fingerprint density at radius 3 is 2.69 bits per heavy atom. The summed E-state index contributed by atoms with van der Waals surface area (Å²) < 4.78 is 0. The number of hydrogen-bond acceptors (Lipinski definition) is 5. The van der Waals surface area contributed by atoms with Crippen molar-refractivity contribution in [3.8, 4) is 0 Å². The Labute approximate surface area is 195 Å². The highest BCUT2D eigenvalue weighted by atomic mass is 127. The Morgan fingerprint density at radius 2 is 2.03 bits per heavy atom. The van der Waals surface area contributed by atoms with E-state index in [1.54, 1.807) is 11.3 Å². The van der Waals surface area contributed by atoms with Gasteiger partial charge in [-0.3, -0.25) is 9.88 Å². The summed E-state index contributed by atoms with van der Waals surface area (Å²) in [5.74, 6) is 1.57. The minimum atomic E-state index is 0. The molecule has 1 saturated heterocycles. The largest absolute Gasteiger partial charge is 0.357 e. The number of pyridine rings is 1. The van der Waals surface area contributed by atoms with Crippen molar-refractivity contribution in [3.63, 3.8) is 0 Å². The molecule has 0 aromatic carbocycles. The molecule has 8 heteroatoms. The van der Waals surface area contributed by atoms with E-state index in [-0.39, 0.29) is 24.0 Å². The van der Waals surface area contributed by atoms with Crippen molar-refractivity contribution in [1.82, 2.24) is 25.5 Å². The maximum absolute atomic E-state index is 4.70. The van der Waals surface area contributed by atoms with Gasteiger partial charge in [-0.25, -0.2) is 9.98 Å². The van der Waals surface area contributed by atoms with Crippen LogP contribution in [0.5, 0.6) is 0 Å². The van der Waals surface area contributed by atoms with Crippen molar-refractivity contribution in [2.24, 2.45) is 10.9 Å². The van der Waals surface area contributed by atoms with Gasteiger partial charge in [0.1, 0.15) is 0 Å².